The molecule has 22 heavy (non-hydrogen) atoms. The molecule has 2 aliphatic rings. The van der Waals surface area contributed by atoms with Gasteiger partial charge < -0.3 is 15.8 Å². The molecule has 1 aliphatic heterocycles. The van der Waals surface area contributed by atoms with Crippen molar-refractivity contribution < 1.29 is 4.74 Å². The molecule has 0 spiro atoms. The Kier molecular flexibility index (Phi) is 4.02. The summed E-state index contributed by atoms with van der Waals surface area (Å²) in [4.78, 5) is 4.72. The molecule has 0 radical (unpaired) electrons. The first-order valence-electron chi connectivity index (χ1n) is 8.38. The van der Waals surface area contributed by atoms with Crippen molar-refractivity contribution in [3.8, 4) is 5.75 Å². The van der Waals surface area contributed by atoms with E-state index in [0.29, 0.717) is 29.9 Å². The zero-order valence-electron chi connectivity index (χ0n) is 13.8. The highest BCUT2D eigenvalue weighted by Crippen LogP contribution is 2.54. The quantitative estimate of drug-likeness (QED) is 0.663. The first-order valence-corrected chi connectivity index (χ1v) is 8.38. The van der Waals surface area contributed by atoms with E-state index in [2.05, 4.69) is 32.2 Å². The molecular weight excluding hydrogens is 274 g/mol. The van der Waals surface area contributed by atoms with Gasteiger partial charge in [-0.1, -0.05) is 39.0 Å². The van der Waals surface area contributed by atoms with Crippen LogP contribution in [-0.4, -0.2) is 18.6 Å². The Morgan fingerprint density at radius 3 is 2.91 bits per heavy atom. The number of para-hydroxylation sites is 1. The Morgan fingerprint density at radius 2 is 2.23 bits per heavy atom. The van der Waals surface area contributed by atoms with E-state index in [4.69, 9.17) is 15.5 Å². The first-order chi connectivity index (χ1) is 10.6. The summed E-state index contributed by atoms with van der Waals surface area (Å²) in [5, 5.41) is 3.44. The molecule has 0 saturated heterocycles. The number of nitrogens with two attached hydrogens (primary N) is 1. The van der Waals surface area contributed by atoms with Crippen molar-refractivity contribution in [1.29, 1.82) is 0 Å². The van der Waals surface area contributed by atoms with Crippen LogP contribution in [0, 0.1) is 11.3 Å². The number of nitrogens with zero attached hydrogens (tertiary/aromatic N) is 1. The minimum atomic E-state index is 0.103. The summed E-state index contributed by atoms with van der Waals surface area (Å²) in [6, 6.07) is 8.68. The second kappa shape index (κ2) is 5.82. The van der Waals surface area contributed by atoms with Crippen LogP contribution < -0.4 is 15.8 Å². The largest absolute Gasteiger partial charge is 0.493 e. The summed E-state index contributed by atoms with van der Waals surface area (Å²) in [7, 11) is 0. The molecule has 0 bridgehead atoms. The average molecular weight is 301 g/mol. The van der Waals surface area contributed by atoms with Crippen LogP contribution in [0.15, 0.2) is 29.3 Å². The molecule has 3 rings (SSSR count). The minimum absolute atomic E-state index is 0.103. The van der Waals surface area contributed by atoms with E-state index in [1.807, 2.05) is 18.2 Å². The molecule has 3 unspecified atom stereocenters. The fourth-order valence-electron chi connectivity index (χ4n) is 3.79. The second-order valence-corrected chi connectivity index (χ2v) is 6.85. The lowest BCUT2D eigenvalue weighted by Gasteiger charge is -2.24. The third kappa shape index (κ3) is 2.67. The Balaban J connectivity index is 1.69. The van der Waals surface area contributed by atoms with Crippen molar-refractivity contribution in [3.63, 3.8) is 0 Å². The molecule has 3 N–H and O–H groups in total. The van der Waals surface area contributed by atoms with Crippen LogP contribution in [0.25, 0.3) is 0 Å². The van der Waals surface area contributed by atoms with Crippen molar-refractivity contribution in [3.05, 3.63) is 29.8 Å². The molecule has 0 amide bonds. The van der Waals surface area contributed by atoms with Crippen LogP contribution in [0.1, 0.15) is 51.6 Å². The lowest BCUT2D eigenvalue weighted by atomic mass is 9.89. The number of ether oxygens (including phenoxy) is 1. The van der Waals surface area contributed by atoms with Crippen molar-refractivity contribution in [2.45, 2.75) is 52.1 Å². The molecule has 1 aromatic rings. The van der Waals surface area contributed by atoms with Gasteiger partial charge in [0.2, 0.25) is 0 Å². The second-order valence-electron chi connectivity index (χ2n) is 6.85. The topological polar surface area (TPSA) is 59.6 Å². The third-order valence-electron chi connectivity index (χ3n) is 5.47. The van der Waals surface area contributed by atoms with Crippen LogP contribution in [-0.2, 0) is 0 Å². The number of rotatable bonds is 4. The molecule has 1 aliphatic carbocycles. The molecular formula is C18H27N3O. The van der Waals surface area contributed by atoms with Gasteiger partial charge in [0.1, 0.15) is 5.75 Å². The molecule has 1 aromatic carbocycles. The molecule has 120 valence electrons. The Bertz CT molecular complexity index is 569. The van der Waals surface area contributed by atoms with Crippen molar-refractivity contribution in [2.24, 2.45) is 22.1 Å². The van der Waals surface area contributed by atoms with Crippen molar-refractivity contribution in [2.75, 3.05) is 6.61 Å². The molecule has 1 saturated carbocycles. The highest BCUT2D eigenvalue weighted by Gasteiger charge is 2.54. The number of hydrogen-bond donors (Lipinski definition) is 2. The summed E-state index contributed by atoms with van der Waals surface area (Å²) in [5.74, 6) is 2.18. The lowest BCUT2D eigenvalue weighted by molar-refractivity contribution is 0.269. The van der Waals surface area contributed by atoms with Gasteiger partial charge in [0, 0.05) is 18.0 Å². The van der Waals surface area contributed by atoms with Gasteiger partial charge in [-0.05, 0) is 30.2 Å². The van der Waals surface area contributed by atoms with E-state index in [-0.39, 0.29) is 6.04 Å². The van der Waals surface area contributed by atoms with E-state index in [9.17, 15) is 0 Å². The molecule has 3 atom stereocenters. The lowest BCUT2D eigenvalue weighted by Crippen LogP contribution is -2.37. The number of fused-ring (bicyclic) bond motifs is 1. The summed E-state index contributed by atoms with van der Waals surface area (Å²) in [6.07, 6.45) is 3.27. The smallest absolute Gasteiger partial charge is 0.189 e. The monoisotopic (exact) mass is 301 g/mol. The van der Waals surface area contributed by atoms with Crippen LogP contribution in [0.3, 0.4) is 0 Å². The van der Waals surface area contributed by atoms with Gasteiger partial charge >= 0.3 is 0 Å². The Morgan fingerprint density at radius 1 is 1.45 bits per heavy atom. The van der Waals surface area contributed by atoms with Crippen molar-refractivity contribution in [1.82, 2.24) is 5.32 Å². The summed E-state index contributed by atoms with van der Waals surface area (Å²) < 4.78 is 5.68. The maximum Gasteiger partial charge on any atom is 0.189 e. The molecule has 4 nitrogen and oxygen atoms in total. The van der Waals surface area contributed by atoms with Gasteiger partial charge in [-0.25, -0.2) is 4.99 Å². The van der Waals surface area contributed by atoms with Crippen molar-refractivity contribution >= 4 is 5.96 Å². The van der Waals surface area contributed by atoms with Gasteiger partial charge in [-0.15, -0.1) is 0 Å². The van der Waals surface area contributed by atoms with E-state index >= 15 is 0 Å². The Labute approximate surface area is 133 Å². The summed E-state index contributed by atoms with van der Waals surface area (Å²) in [5.41, 5.74) is 7.71. The molecule has 0 aromatic heterocycles. The predicted octanol–water partition coefficient (Wildman–Crippen LogP) is 3.24. The standard InChI is InChI=1S/C18H27N3O/c1-4-18(12(2)3)11-16(18)21-17(19)20-14-9-10-22-15-8-6-5-7-13(14)15/h5-8,12,14,16H,4,9-11H2,1-3H3,(H3,19,20,21). The number of hydrogen-bond acceptors (Lipinski definition) is 2. The maximum atomic E-state index is 6.18. The van der Waals surface area contributed by atoms with Crippen LogP contribution in [0.4, 0.5) is 0 Å². The third-order valence-corrected chi connectivity index (χ3v) is 5.47. The van der Waals surface area contributed by atoms with E-state index in [1.54, 1.807) is 0 Å². The fraction of sp³-hybridized carbons (Fsp3) is 0.611. The molecule has 1 fully saturated rings. The van der Waals surface area contributed by atoms with E-state index < -0.39 is 0 Å². The maximum absolute atomic E-state index is 6.18. The van der Waals surface area contributed by atoms with Gasteiger partial charge in [-0.3, -0.25) is 0 Å². The van der Waals surface area contributed by atoms with E-state index in [1.165, 1.54) is 12.8 Å². The number of benzene rings is 1. The van der Waals surface area contributed by atoms with Gasteiger partial charge in [-0.2, -0.15) is 0 Å². The molecule has 1 heterocycles. The van der Waals surface area contributed by atoms with E-state index in [0.717, 1.165) is 17.7 Å². The summed E-state index contributed by atoms with van der Waals surface area (Å²) >= 11 is 0. The van der Waals surface area contributed by atoms with Gasteiger partial charge in [0.15, 0.2) is 5.96 Å². The van der Waals surface area contributed by atoms with Gasteiger partial charge in [0.25, 0.3) is 0 Å². The minimum Gasteiger partial charge on any atom is -0.493 e. The SMILES string of the molecule is CCC1(C(C)C)CC1NC(N)=NC1CCOc2ccccc21. The fourth-order valence-corrected chi connectivity index (χ4v) is 3.79. The highest BCUT2D eigenvalue weighted by molar-refractivity contribution is 5.79. The first kappa shape index (κ1) is 15.2. The Hall–Kier alpha value is -1.71. The average Bonchev–Trinajstić information content (AvgIpc) is 3.22. The predicted molar refractivity (Wildman–Crippen MR) is 90.0 cm³/mol. The molecule has 4 heteroatoms. The zero-order valence-corrected chi connectivity index (χ0v) is 13.8. The van der Waals surface area contributed by atoms with Crippen LogP contribution >= 0.6 is 0 Å². The van der Waals surface area contributed by atoms with Gasteiger partial charge in [0.05, 0.1) is 12.6 Å². The normalized spacial score (nSPS) is 30.6. The summed E-state index contributed by atoms with van der Waals surface area (Å²) in [6.45, 7) is 7.57. The van der Waals surface area contributed by atoms with Crippen LogP contribution in [0.5, 0.6) is 5.75 Å². The number of guanidine groups is 1. The highest BCUT2D eigenvalue weighted by atomic mass is 16.5. The number of aliphatic imine (C=N–C) groups is 1. The van der Waals surface area contributed by atoms with Crippen LogP contribution in [0.2, 0.25) is 0 Å². The number of nitrogens with one attached hydrogen (secondary N) is 1. The zero-order chi connectivity index (χ0) is 15.7.